The van der Waals surface area contributed by atoms with Crippen molar-refractivity contribution in [1.29, 1.82) is 0 Å². The molecule has 33 heavy (non-hydrogen) atoms. The van der Waals surface area contributed by atoms with E-state index < -0.39 is 5.54 Å². The van der Waals surface area contributed by atoms with Gasteiger partial charge in [0.2, 0.25) is 11.8 Å². The predicted molar refractivity (Wildman–Crippen MR) is 132 cm³/mol. The summed E-state index contributed by atoms with van der Waals surface area (Å²) in [7, 11) is 0. The number of benzene rings is 2. The summed E-state index contributed by atoms with van der Waals surface area (Å²) in [6.07, 6.45) is 5.26. The number of carbonyl (C=O) groups is 2. The highest BCUT2D eigenvalue weighted by atomic mass is 35.5. The normalized spacial score (nSPS) is 29.5. The maximum atomic E-state index is 13.3. The van der Waals surface area contributed by atoms with Crippen molar-refractivity contribution in [3.05, 3.63) is 68.7 Å². The molecule has 3 fully saturated rings. The number of amides is 2. The molecule has 0 unspecified atom stereocenters. The number of nitrogens with one attached hydrogen (secondary N) is 2. The summed E-state index contributed by atoms with van der Waals surface area (Å²) < 4.78 is 0. The van der Waals surface area contributed by atoms with Gasteiger partial charge in [-0.3, -0.25) is 9.59 Å². The molecule has 2 aromatic carbocycles. The third kappa shape index (κ3) is 4.15. The van der Waals surface area contributed by atoms with Crippen molar-refractivity contribution in [2.75, 3.05) is 6.54 Å². The van der Waals surface area contributed by atoms with Crippen LogP contribution in [0.1, 0.15) is 61.5 Å². The average molecular weight is 506 g/mol. The molecule has 2 saturated carbocycles. The van der Waals surface area contributed by atoms with Crippen molar-refractivity contribution in [2.45, 2.75) is 55.9 Å². The minimum Gasteiger partial charge on any atom is -0.354 e. The first-order chi connectivity index (χ1) is 15.9. The molecule has 4 nitrogen and oxygen atoms in total. The highest BCUT2D eigenvalue weighted by Gasteiger charge is 2.59. The molecule has 2 aliphatic carbocycles. The molecule has 0 aromatic heterocycles. The summed E-state index contributed by atoms with van der Waals surface area (Å²) in [5, 5.41) is 8.22. The summed E-state index contributed by atoms with van der Waals surface area (Å²) in [4.78, 5) is 26.5. The number of rotatable bonds is 4. The molecule has 0 radical (unpaired) electrons. The summed E-state index contributed by atoms with van der Waals surface area (Å²) in [5.74, 6) is -0.0682. The monoisotopic (exact) mass is 504 g/mol. The van der Waals surface area contributed by atoms with Gasteiger partial charge in [0.15, 0.2) is 0 Å². The van der Waals surface area contributed by atoms with Crippen LogP contribution in [0.15, 0.2) is 42.5 Å². The summed E-state index contributed by atoms with van der Waals surface area (Å²) in [6.45, 7) is 0.513. The lowest BCUT2D eigenvalue weighted by Crippen LogP contribution is -2.61. The molecular formula is C26H27Cl3N2O2. The van der Waals surface area contributed by atoms with Gasteiger partial charge in [0.05, 0.1) is 0 Å². The predicted octanol–water partition coefficient (Wildman–Crippen LogP) is 6.10. The van der Waals surface area contributed by atoms with Crippen molar-refractivity contribution in [3.63, 3.8) is 0 Å². The van der Waals surface area contributed by atoms with Gasteiger partial charge in [-0.05, 0) is 72.9 Å². The Morgan fingerprint density at radius 2 is 1.67 bits per heavy atom. The highest BCUT2D eigenvalue weighted by Crippen LogP contribution is 2.54. The molecule has 0 spiro atoms. The van der Waals surface area contributed by atoms with Gasteiger partial charge in [-0.2, -0.15) is 0 Å². The SMILES string of the molecule is O=C(N[C@@]12CC[C@@H](c3ccc(Cl)cc3Cl)[C@H](c3ccc(Cl)cc3)[C@@H]1CNC2=O)C1CCCC1. The molecule has 3 aliphatic rings. The van der Waals surface area contributed by atoms with Crippen LogP contribution in [-0.2, 0) is 9.59 Å². The van der Waals surface area contributed by atoms with Gasteiger partial charge < -0.3 is 10.6 Å². The first-order valence-electron chi connectivity index (χ1n) is 11.7. The second kappa shape index (κ2) is 9.13. The van der Waals surface area contributed by atoms with Crippen molar-refractivity contribution in [3.8, 4) is 0 Å². The van der Waals surface area contributed by atoms with E-state index in [1.54, 1.807) is 6.07 Å². The molecule has 5 rings (SSSR count). The molecule has 1 saturated heterocycles. The molecule has 1 heterocycles. The second-order valence-electron chi connectivity index (χ2n) is 9.65. The summed E-state index contributed by atoms with van der Waals surface area (Å²) >= 11 is 19.0. The quantitative estimate of drug-likeness (QED) is 0.527. The Kier molecular flexibility index (Phi) is 6.37. The van der Waals surface area contributed by atoms with Gasteiger partial charge in [-0.1, -0.05) is 65.8 Å². The van der Waals surface area contributed by atoms with Crippen LogP contribution < -0.4 is 10.6 Å². The number of hydrogen-bond acceptors (Lipinski definition) is 2. The van der Waals surface area contributed by atoms with Crippen LogP contribution in [0.25, 0.3) is 0 Å². The van der Waals surface area contributed by atoms with Gasteiger partial charge in [0, 0.05) is 33.4 Å². The van der Waals surface area contributed by atoms with Gasteiger partial charge in [-0.25, -0.2) is 0 Å². The van der Waals surface area contributed by atoms with Gasteiger partial charge in [0.1, 0.15) is 5.54 Å². The lowest BCUT2D eigenvalue weighted by Gasteiger charge is -2.47. The lowest BCUT2D eigenvalue weighted by atomic mass is 9.60. The molecule has 7 heteroatoms. The molecular weight excluding hydrogens is 479 g/mol. The summed E-state index contributed by atoms with van der Waals surface area (Å²) in [6, 6.07) is 13.5. The number of hydrogen-bond donors (Lipinski definition) is 2. The van der Waals surface area contributed by atoms with Gasteiger partial charge >= 0.3 is 0 Å². The van der Waals surface area contributed by atoms with Crippen molar-refractivity contribution in [2.24, 2.45) is 11.8 Å². The van der Waals surface area contributed by atoms with Crippen LogP contribution in [0.3, 0.4) is 0 Å². The van der Waals surface area contributed by atoms with Crippen molar-refractivity contribution in [1.82, 2.24) is 10.6 Å². The average Bonchev–Trinajstić information content (AvgIpc) is 3.44. The Hall–Kier alpha value is -1.75. The van der Waals surface area contributed by atoms with E-state index in [2.05, 4.69) is 10.6 Å². The van der Waals surface area contributed by atoms with E-state index >= 15 is 0 Å². The fourth-order valence-corrected chi connectivity index (χ4v) is 6.98. The molecule has 2 aromatic rings. The number of carbonyl (C=O) groups excluding carboxylic acids is 2. The topological polar surface area (TPSA) is 58.2 Å². The van der Waals surface area contributed by atoms with E-state index in [-0.39, 0.29) is 35.5 Å². The lowest BCUT2D eigenvalue weighted by molar-refractivity contribution is -0.136. The Morgan fingerprint density at radius 3 is 2.36 bits per heavy atom. The van der Waals surface area contributed by atoms with Crippen LogP contribution in [0.2, 0.25) is 15.1 Å². The van der Waals surface area contributed by atoms with Crippen molar-refractivity contribution < 1.29 is 9.59 Å². The number of fused-ring (bicyclic) bond motifs is 1. The third-order valence-electron chi connectivity index (χ3n) is 7.93. The first-order valence-corrected chi connectivity index (χ1v) is 12.8. The van der Waals surface area contributed by atoms with E-state index in [9.17, 15) is 9.59 Å². The zero-order valence-electron chi connectivity index (χ0n) is 18.3. The Balaban J connectivity index is 1.56. The highest BCUT2D eigenvalue weighted by molar-refractivity contribution is 6.35. The Bertz CT molecular complexity index is 1070. The van der Waals surface area contributed by atoms with Crippen LogP contribution >= 0.6 is 34.8 Å². The maximum Gasteiger partial charge on any atom is 0.246 e. The molecule has 2 N–H and O–H groups in total. The first kappa shape index (κ1) is 23.0. The van der Waals surface area contributed by atoms with E-state index in [0.29, 0.717) is 28.0 Å². The van der Waals surface area contributed by atoms with Crippen LogP contribution in [0, 0.1) is 11.8 Å². The van der Waals surface area contributed by atoms with Crippen molar-refractivity contribution >= 4 is 46.6 Å². The molecule has 174 valence electrons. The summed E-state index contributed by atoms with van der Waals surface area (Å²) in [5.41, 5.74) is 1.21. The molecule has 2 amide bonds. The molecule has 0 bridgehead atoms. The zero-order chi connectivity index (χ0) is 23.2. The second-order valence-corrected chi connectivity index (χ2v) is 10.9. The van der Waals surface area contributed by atoms with Gasteiger partial charge in [0.25, 0.3) is 0 Å². The maximum absolute atomic E-state index is 13.3. The van der Waals surface area contributed by atoms with Crippen LogP contribution in [0.5, 0.6) is 0 Å². The Morgan fingerprint density at radius 1 is 0.970 bits per heavy atom. The van der Waals surface area contributed by atoms with Gasteiger partial charge in [-0.15, -0.1) is 0 Å². The standard InChI is InChI=1S/C26H27Cl3N2O2/c27-17-7-5-15(6-8-17)23-20(19-10-9-18(28)13-22(19)29)11-12-26(21(23)14-30-25(26)33)31-24(32)16-3-1-2-4-16/h5-10,13,16,20-21,23H,1-4,11-12,14H2,(H,30,33)(H,31,32)/t20-,21-,23-,26-/m0/s1. The van der Waals surface area contributed by atoms with E-state index in [1.165, 1.54) is 0 Å². The minimum absolute atomic E-state index is 0.00541. The minimum atomic E-state index is -0.903. The smallest absolute Gasteiger partial charge is 0.246 e. The zero-order valence-corrected chi connectivity index (χ0v) is 20.5. The molecule has 4 atom stereocenters. The van der Waals surface area contributed by atoms with E-state index in [0.717, 1.165) is 43.2 Å². The largest absolute Gasteiger partial charge is 0.354 e. The van der Waals surface area contributed by atoms with Crippen LogP contribution in [0.4, 0.5) is 0 Å². The Labute approximate surface area is 209 Å². The fourth-order valence-electron chi connectivity index (χ4n) is 6.30. The third-order valence-corrected chi connectivity index (χ3v) is 8.74. The van der Waals surface area contributed by atoms with E-state index in [1.807, 2.05) is 36.4 Å². The molecule has 1 aliphatic heterocycles. The fraction of sp³-hybridized carbons (Fsp3) is 0.462. The number of halogens is 3. The van der Waals surface area contributed by atoms with Crippen LogP contribution in [-0.4, -0.2) is 23.9 Å². The van der Waals surface area contributed by atoms with E-state index in [4.69, 9.17) is 34.8 Å².